The van der Waals surface area contributed by atoms with Gasteiger partial charge in [0.2, 0.25) is 5.16 Å². The monoisotopic (exact) mass is 424 g/mol. The van der Waals surface area contributed by atoms with E-state index in [4.69, 9.17) is 9.94 Å². The van der Waals surface area contributed by atoms with Gasteiger partial charge in [-0.05, 0) is 42.3 Å². The smallest absolute Gasteiger partial charge is 0.313 e. The molecule has 9 heteroatoms. The summed E-state index contributed by atoms with van der Waals surface area (Å²) in [5.74, 6) is -0.413. The number of thioether (sulfide) groups is 1. The Hall–Kier alpha value is -3.14. The van der Waals surface area contributed by atoms with Gasteiger partial charge in [-0.1, -0.05) is 17.8 Å². The van der Waals surface area contributed by atoms with Crippen molar-refractivity contribution in [2.75, 3.05) is 12.9 Å². The average Bonchev–Trinajstić information content (AvgIpc) is 3.35. The molecule has 0 aliphatic carbocycles. The van der Waals surface area contributed by atoms with Crippen molar-refractivity contribution in [2.45, 2.75) is 12.1 Å². The van der Waals surface area contributed by atoms with Gasteiger partial charge in [-0.3, -0.25) is 9.89 Å². The molecule has 0 bridgehead atoms. The number of carbonyl (C=O) groups is 1. The van der Waals surface area contributed by atoms with Crippen molar-refractivity contribution in [3.05, 3.63) is 48.2 Å². The first-order valence-corrected chi connectivity index (χ1v) is 10.3. The first-order chi connectivity index (χ1) is 14.5. The summed E-state index contributed by atoms with van der Waals surface area (Å²) in [6.45, 7) is 2.06. The van der Waals surface area contributed by atoms with Crippen LogP contribution in [0.25, 0.3) is 33.4 Å². The number of carboxylic acid groups (broad SMARTS) is 1. The van der Waals surface area contributed by atoms with E-state index in [-0.39, 0.29) is 5.75 Å². The number of nitrogens with one attached hydrogen (secondary N) is 1. The van der Waals surface area contributed by atoms with Gasteiger partial charge in [0.15, 0.2) is 11.5 Å². The minimum Gasteiger partial charge on any atom is -0.481 e. The predicted octanol–water partition coefficient (Wildman–Crippen LogP) is 2.87. The maximum Gasteiger partial charge on any atom is 0.313 e. The second-order valence-corrected chi connectivity index (χ2v) is 7.88. The lowest BCUT2D eigenvalue weighted by atomic mass is 9.95. The third-order valence-electron chi connectivity index (χ3n) is 4.95. The number of hydrogen-bond donors (Lipinski definition) is 3. The number of H-pyrrole nitrogens is 1. The Labute approximate surface area is 177 Å². The van der Waals surface area contributed by atoms with Gasteiger partial charge < -0.3 is 9.67 Å². The Morgan fingerprint density at radius 1 is 1.27 bits per heavy atom. The molecule has 0 radical (unpaired) electrons. The van der Waals surface area contributed by atoms with Crippen LogP contribution < -0.4 is 5.48 Å². The lowest BCUT2D eigenvalue weighted by Crippen LogP contribution is -2.76. The number of aryl methyl sites for hydroxylation is 1. The topological polar surface area (TPSA) is 110 Å². The zero-order chi connectivity index (χ0) is 21.3. The fraction of sp³-hybridized carbons (Fsp3) is 0.190. The van der Waals surface area contributed by atoms with Crippen molar-refractivity contribution < 1.29 is 20.2 Å². The molecule has 2 heterocycles. The van der Waals surface area contributed by atoms with Gasteiger partial charge in [-0.25, -0.2) is 9.82 Å². The fourth-order valence-electron chi connectivity index (χ4n) is 3.44. The zero-order valence-corrected chi connectivity index (χ0v) is 17.7. The van der Waals surface area contributed by atoms with Crippen LogP contribution in [0.5, 0.6) is 0 Å². The Bertz CT molecular complexity index is 1230. The minimum absolute atomic E-state index is 0.0871. The Morgan fingerprint density at radius 2 is 2.10 bits per heavy atom. The van der Waals surface area contributed by atoms with E-state index in [1.165, 1.54) is 10.9 Å². The summed E-state index contributed by atoms with van der Waals surface area (Å²) in [6.07, 6.45) is 2.05. The number of quaternary nitrogens is 1. The van der Waals surface area contributed by atoms with Crippen LogP contribution in [0.2, 0.25) is 0 Å². The SMILES string of the molecule is CO[NH2+]c1cc(-c2nc(SCC(=O)O)n[nH]2)cc(-c2ccc3c(ccn3C)c2)c1C. The molecule has 4 rings (SSSR count). The van der Waals surface area contributed by atoms with E-state index in [1.807, 2.05) is 19.3 Å². The number of nitrogens with zero attached hydrogens (tertiary/aromatic N) is 3. The van der Waals surface area contributed by atoms with Crippen LogP contribution in [-0.4, -0.2) is 43.7 Å². The summed E-state index contributed by atoms with van der Waals surface area (Å²) < 4.78 is 2.09. The third-order valence-corrected chi connectivity index (χ3v) is 5.78. The van der Waals surface area contributed by atoms with Crippen LogP contribution in [0.15, 0.2) is 47.8 Å². The molecule has 0 fully saturated rings. The van der Waals surface area contributed by atoms with Gasteiger partial charge in [-0.15, -0.1) is 5.10 Å². The number of fused-ring (bicyclic) bond motifs is 1. The Morgan fingerprint density at radius 3 is 2.87 bits per heavy atom. The van der Waals surface area contributed by atoms with Crippen molar-refractivity contribution in [3.8, 4) is 22.5 Å². The largest absolute Gasteiger partial charge is 0.481 e. The number of benzene rings is 2. The van der Waals surface area contributed by atoms with E-state index in [1.54, 1.807) is 12.6 Å². The molecule has 0 saturated heterocycles. The summed E-state index contributed by atoms with van der Waals surface area (Å²) in [4.78, 5) is 20.5. The molecule has 0 aliphatic heterocycles. The fourth-order valence-corrected chi connectivity index (χ4v) is 3.96. The summed E-state index contributed by atoms with van der Waals surface area (Å²) >= 11 is 1.08. The number of aromatic amines is 1. The first-order valence-electron chi connectivity index (χ1n) is 9.29. The van der Waals surface area contributed by atoms with Gasteiger partial charge in [0.1, 0.15) is 0 Å². The Kier molecular flexibility index (Phi) is 5.58. The molecular weight excluding hydrogens is 402 g/mol. The third kappa shape index (κ3) is 3.95. The highest BCUT2D eigenvalue weighted by atomic mass is 32.2. The van der Waals surface area contributed by atoms with Crippen LogP contribution in [0.4, 0.5) is 5.69 Å². The molecule has 154 valence electrons. The Balaban J connectivity index is 1.78. The molecule has 4 N–H and O–H groups in total. The van der Waals surface area contributed by atoms with E-state index in [9.17, 15) is 4.79 Å². The summed E-state index contributed by atoms with van der Waals surface area (Å²) in [7, 11) is 3.65. The number of hydrogen-bond acceptors (Lipinski definition) is 5. The molecule has 8 nitrogen and oxygen atoms in total. The predicted molar refractivity (Wildman–Crippen MR) is 115 cm³/mol. The van der Waals surface area contributed by atoms with Gasteiger partial charge in [0, 0.05) is 41.3 Å². The number of rotatable bonds is 7. The highest BCUT2D eigenvalue weighted by Gasteiger charge is 2.17. The normalized spacial score (nSPS) is 11.3. The van der Waals surface area contributed by atoms with Gasteiger partial charge >= 0.3 is 5.97 Å². The highest BCUT2D eigenvalue weighted by Crippen LogP contribution is 2.34. The maximum atomic E-state index is 10.8. The van der Waals surface area contributed by atoms with Crippen LogP contribution in [0, 0.1) is 6.92 Å². The van der Waals surface area contributed by atoms with Crippen molar-refractivity contribution in [3.63, 3.8) is 0 Å². The average molecular weight is 425 g/mol. The molecule has 2 aromatic heterocycles. The summed E-state index contributed by atoms with van der Waals surface area (Å²) in [5, 5.41) is 17.5. The lowest BCUT2D eigenvalue weighted by Gasteiger charge is -2.12. The first kappa shape index (κ1) is 20.1. The zero-order valence-electron chi connectivity index (χ0n) is 16.8. The summed E-state index contributed by atoms with van der Waals surface area (Å²) in [6, 6.07) is 12.6. The molecule has 0 unspecified atom stereocenters. The van der Waals surface area contributed by atoms with Crippen molar-refractivity contribution in [2.24, 2.45) is 7.05 Å². The van der Waals surface area contributed by atoms with Gasteiger partial charge in [0.25, 0.3) is 0 Å². The van der Waals surface area contributed by atoms with Crippen molar-refractivity contribution in [1.29, 1.82) is 0 Å². The molecule has 2 aromatic carbocycles. The van der Waals surface area contributed by atoms with E-state index < -0.39 is 5.97 Å². The number of carboxylic acids is 1. The van der Waals surface area contributed by atoms with Gasteiger partial charge in [-0.2, -0.15) is 5.48 Å². The summed E-state index contributed by atoms with van der Waals surface area (Å²) in [5.41, 5.74) is 7.93. The van der Waals surface area contributed by atoms with Crippen molar-refractivity contribution in [1.82, 2.24) is 19.7 Å². The second kappa shape index (κ2) is 8.31. The molecular formula is C21H22N5O3S+. The molecule has 0 amide bonds. The van der Waals surface area contributed by atoms with Crippen LogP contribution in [0.1, 0.15) is 5.56 Å². The minimum atomic E-state index is -0.905. The lowest BCUT2D eigenvalue weighted by molar-refractivity contribution is -0.830. The number of nitrogens with two attached hydrogens (primary N) is 1. The number of aliphatic carboxylic acids is 1. The van der Waals surface area contributed by atoms with E-state index in [2.05, 4.69) is 57.0 Å². The van der Waals surface area contributed by atoms with E-state index in [0.29, 0.717) is 11.0 Å². The van der Waals surface area contributed by atoms with E-state index in [0.717, 1.165) is 39.7 Å². The standard InChI is InChI=1S/C21H21N5O3S/c1-12-16(13-4-5-18-14(8-13)6-7-26(18)2)9-15(10-17(12)25-29-3)20-22-21(24-23-20)30-11-19(27)28/h4-10,25H,11H2,1-3H3,(H,27,28)(H,22,23,24)/p+1. The molecule has 0 aliphatic rings. The molecule has 4 aromatic rings. The molecule has 30 heavy (non-hydrogen) atoms. The van der Waals surface area contributed by atoms with Crippen LogP contribution >= 0.6 is 11.8 Å². The van der Waals surface area contributed by atoms with Crippen LogP contribution in [-0.2, 0) is 16.7 Å². The van der Waals surface area contributed by atoms with Crippen LogP contribution in [0.3, 0.4) is 0 Å². The van der Waals surface area contributed by atoms with E-state index >= 15 is 0 Å². The van der Waals surface area contributed by atoms with Gasteiger partial charge in [0.05, 0.1) is 12.9 Å². The quantitative estimate of drug-likeness (QED) is 0.239. The highest BCUT2D eigenvalue weighted by molar-refractivity contribution is 7.99. The molecule has 0 saturated carbocycles. The molecule has 0 atom stereocenters. The second-order valence-electron chi connectivity index (χ2n) is 6.94. The molecule has 0 spiro atoms. The maximum absolute atomic E-state index is 10.8. The van der Waals surface area contributed by atoms with Crippen molar-refractivity contribution >= 4 is 34.3 Å². The number of aromatic nitrogens is 4.